The van der Waals surface area contributed by atoms with Crippen LogP contribution in [0.15, 0.2) is 24.3 Å². The monoisotopic (exact) mass is 594 g/mol. The maximum Gasteiger partial charge on any atom is 0.412 e. The number of hydrogen-bond acceptors (Lipinski definition) is 9. The lowest BCUT2D eigenvalue weighted by Crippen LogP contribution is -2.69. The molecule has 1 aromatic rings. The van der Waals surface area contributed by atoms with Crippen LogP contribution in [0, 0.1) is 5.92 Å². The van der Waals surface area contributed by atoms with Crippen molar-refractivity contribution in [1.82, 2.24) is 9.80 Å². The van der Waals surface area contributed by atoms with E-state index < -0.39 is 56.1 Å². The fraction of sp³-hybridized carbons (Fsp3) is 0.690. The molecule has 0 spiro atoms. The Morgan fingerprint density at radius 2 is 1.41 bits per heavy atom. The van der Waals surface area contributed by atoms with E-state index in [9.17, 15) is 14.4 Å². The molecule has 41 heavy (non-hydrogen) atoms. The molecule has 2 heterocycles. The molecule has 12 heteroatoms. The zero-order valence-corrected chi connectivity index (χ0v) is 27.0. The highest BCUT2D eigenvalue weighted by molar-refractivity contribution is 6.74. The highest BCUT2D eigenvalue weighted by Crippen LogP contribution is 2.39. The second-order valence-electron chi connectivity index (χ2n) is 13.0. The van der Waals surface area contributed by atoms with Gasteiger partial charge in [-0.15, -0.1) is 0 Å². The first-order chi connectivity index (χ1) is 19.0. The van der Waals surface area contributed by atoms with E-state index in [0.717, 1.165) is 4.90 Å². The highest BCUT2D eigenvalue weighted by atomic mass is 28.4. The number of likely N-dealkylation sites (tertiary alicyclic amines) is 1. The van der Waals surface area contributed by atoms with Gasteiger partial charge >= 0.3 is 6.09 Å². The summed E-state index contributed by atoms with van der Waals surface area (Å²) in [6, 6.07) is 6.57. The van der Waals surface area contributed by atoms with Crippen molar-refractivity contribution in [3.05, 3.63) is 35.4 Å². The molecule has 0 bridgehead atoms. The summed E-state index contributed by atoms with van der Waals surface area (Å²) < 4.78 is 35.2. The molecule has 1 saturated heterocycles. The molecule has 2 aliphatic heterocycles. The fourth-order valence-corrected chi connectivity index (χ4v) is 5.77. The Hall–Kier alpha value is -2.35. The van der Waals surface area contributed by atoms with E-state index in [1.54, 1.807) is 45.0 Å². The Kier molecular flexibility index (Phi) is 10.4. The van der Waals surface area contributed by atoms with Crippen molar-refractivity contribution in [1.29, 1.82) is 0 Å². The summed E-state index contributed by atoms with van der Waals surface area (Å²) in [6.45, 7) is 16.1. The molecule has 0 N–H and O–H groups in total. The van der Waals surface area contributed by atoms with Gasteiger partial charge in [0.25, 0.3) is 11.8 Å². The molecule has 0 saturated carbocycles. The van der Waals surface area contributed by atoms with Gasteiger partial charge < -0.3 is 28.1 Å². The van der Waals surface area contributed by atoms with E-state index in [2.05, 4.69) is 33.9 Å². The number of amides is 3. The Morgan fingerprint density at radius 3 is 1.88 bits per heavy atom. The Morgan fingerprint density at radius 1 is 0.902 bits per heavy atom. The number of nitrogens with zero attached hydrogens (tertiary/aromatic N) is 2. The quantitative estimate of drug-likeness (QED) is 0.220. The van der Waals surface area contributed by atoms with Crippen molar-refractivity contribution < 1.29 is 42.5 Å². The Labute approximate surface area is 244 Å². The number of fused-ring (bicyclic) bond motifs is 1. The normalized spacial score (nSPS) is 23.7. The number of carbonyl (C=O) groups is 3. The third kappa shape index (κ3) is 7.36. The van der Waals surface area contributed by atoms with E-state index in [4.69, 9.17) is 28.1 Å². The summed E-state index contributed by atoms with van der Waals surface area (Å²) in [5.74, 6) is -1.46. The van der Waals surface area contributed by atoms with Crippen LogP contribution < -0.4 is 0 Å². The average molecular weight is 595 g/mol. The number of methoxy groups -OCH3 is 2. The van der Waals surface area contributed by atoms with Crippen LogP contribution in [0.5, 0.6) is 0 Å². The number of benzene rings is 1. The Balaban J connectivity index is 2.11. The van der Waals surface area contributed by atoms with Crippen LogP contribution in [0.2, 0.25) is 18.1 Å². The van der Waals surface area contributed by atoms with Crippen LogP contribution >= 0.6 is 0 Å². The fourth-order valence-electron chi connectivity index (χ4n) is 4.70. The summed E-state index contributed by atoms with van der Waals surface area (Å²) in [7, 11) is 0.773. The van der Waals surface area contributed by atoms with Gasteiger partial charge in [-0.05, 0) is 51.0 Å². The van der Waals surface area contributed by atoms with Gasteiger partial charge in [0, 0.05) is 33.3 Å². The second-order valence-corrected chi connectivity index (χ2v) is 17.8. The van der Waals surface area contributed by atoms with Gasteiger partial charge in [0.2, 0.25) is 0 Å². The van der Waals surface area contributed by atoms with E-state index in [1.165, 1.54) is 19.1 Å². The summed E-state index contributed by atoms with van der Waals surface area (Å²) in [6.07, 6.45) is -3.59. The lowest BCUT2D eigenvalue weighted by molar-refractivity contribution is -0.222. The summed E-state index contributed by atoms with van der Waals surface area (Å²) in [4.78, 5) is 43.7. The average Bonchev–Trinajstić information content (AvgIpc) is 3.12. The lowest BCUT2D eigenvalue weighted by Gasteiger charge is -2.50. The van der Waals surface area contributed by atoms with E-state index in [0.29, 0.717) is 0 Å². The van der Waals surface area contributed by atoms with Gasteiger partial charge in [0.1, 0.15) is 31.5 Å². The van der Waals surface area contributed by atoms with Crippen LogP contribution in [0.4, 0.5) is 4.79 Å². The lowest BCUT2D eigenvalue weighted by atomic mass is 9.90. The minimum absolute atomic E-state index is 0.0515. The van der Waals surface area contributed by atoms with Crippen molar-refractivity contribution in [2.45, 2.75) is 83.6 Å². The summed E-state index contributed by atoms with van der Waals surface area (Å²) >= 11 is 0. The molecular formula is C29H46N2O9Si. The summed E-state index contributed by atoms with van der Waals surface area (Å²) in [5.41, 5.74) is -0.321. The number of piperidine rings is 1. The predicted molar refractivity (Wildman–Crippen MR) is 154 cm³/mol. The molecule has 0 unspecified atom stereocenters. The molecule has 2 aliphatic rings. The molecule has 1 fully saturated rings. The molecule has 1 aromatic carbocycles. The number of ether oxygens (including phenoxy) is 5. The standard InChI is InChI=1S/C29H46N2O9Si/c1-28(2,3)40-27(34)30-15-19(16-39-41(9,10)29(4,5)6)22(37-17-35-7)23(38-18-36-8)24(30)31-25(32)20-13-11-12-14-21(20)26(31)33/h11-14,19,22-24H,15-18H2,1-10H3/t19-,22+,23-,24-/m0/s1. The maximum absolute atomic E-state index is 13.8. The van der Waals surface area contributed by atoms with Gasteiger partial charge in [-0.2, -0.15) is 0 Å². The van der Waals surface area contributed by atoms with E-state index in [-0.39, 0.29) is 42.9 Å². The van der Waals surface area contributed by atoms with Crippen molar-refractivity contribution in [2.24, 2.45) is 5.92 Å². The number of hydrogen-bond donors (Lipinski definition) is 0. The largest absolute Gasteiger partial charge is 0.444 e. The van der Waals surface area contributed by atoms with Gasteiger partial charge in [0.05, 0.1) is 17.2 Å². The highest BCUT2D eigenvalue weighted by Gasteiger charge is 2.55. The molecule has 3 amide bonds. The van der Waals surface area contributed by atoms with E-state index >= 15 is 0 Å². The van der Waals surface area contributed by atoms with Crippen molar-refractivity contribution in [2.75, 3.05) is 41.0 Å². The number of imide groups is 1. The van der Waals surface area contributed by atoms with Gasteiger partial charge in [-0.3, -0.25) is 14.5 Å². The first-order valence-corrected chi connectivity index (χ1v) is 16.8. The molecule has 0 aliphatic carbocycles. The molecule has 11 nitrogen and oxygen atoms in total. The first-order valence-electron chi connectivity index (χ1n) is 13.9. The van der Waals surface area contributed by atoms with Crippen LogP contribution in [0.1, 0.15) is 62.3 Å². The summed E-state index contributed by atoms with van der Waals surface area (Å²) in [5, 5.41) is -0.0515. The van der Waals surface area contributed by atoms with E-state index in [1.807, 2.05) is 0 Å². The Bertz CT molecular complexity index is 1060. The minimum Gasteiger partial charge on any atom is -0.444 e. The van der Waals surface area contributed by atoms with Crippen LogP contribution in [-0.2, 0) is 28.1 Å². The maximum atomic E-state index is 13.8. The van der Waals surface area contributed by atoms with Gasteiger partial charge in [0.15, 0.2) is 8.32 Å². The molecular weight excluding hydrogens is 548 g/mol. The van der Waals surface area contributed by atoms with Crippen molar-refractivity contribution in [3.63, 3.8) is 0 Å². The van der Waals surface area contributed by atoms with Crippen LogP contribution in [-0.4, -0.2) is 101 Å². The third-order valence-electron chi connectivity index (χ3n) is 7.77. The second kappa shape index (κ2) is 12.9. The third-order valence-corrected chi connectivity index (χ3v) is 12.3. The first kappa shape index (κ1) is 33.2. The van der Waals surface area contributed by atoms with Crippen molar-refractivity contribution in [3.8, 4) is 0 Å². The topological polar surface area (TPSA) is 113 Å². The van der Waals surface area contributed by atoms with Gasteiger partial charge in [-0.1, -0.05) is 32.9 Å². The predicted octanol–water partition coefficient (Wildman–Crippen LogP) is 4.48. The molecule has 0 radical (unpaired) electrons. The zero-order chi connectivity index (χ0) is 30.8. The number of rotatable bonds is 10. The molecule has 3 rings (SSSR count). The van der Waals surface area contributed by atoms with Crippen LogP contribution in [0.3, 0.4) is 0 Å². The SMILES string of the molecule is COCO[C@@H]1[C@H](CO[Si](C)(C)C(C)(C)C)CN(C(=O)OC(C)(C)C)[C@@H](N2C(=O)c3ccccc3C2=O)[C@H]1OCOC. The smallest absolute Gasteiger partial charge is 0.412 e. The minimum atomic E-state index is -2.20. The molecule has 0 aromatic heterocycles. The van der Waals surface area contributed by atoms with Gasteiger partial charge in [-0.25, -0.2) is 9.69 Å². The zero-order valence-electron chi connectivity index (χ0n) is 26.0. The molecule has 4 atom stereocenters. The molecule has 230 valence electrons. The van der Waals surface area contributed by atoms with Crippen LogP contribution in [0.25, 0.3) is 0 Å². The van der Waals surface area contributed by atoms with Crippen molar-refractivity contribution >= 4 is 26.2 Å². The number of carbonyl (C=O) groups excluding carboxylic acids is 3.